The van der Waals surface area contributed by atoms with E-state index in [1.165, 1.54) is 18.3 Å². The molecule has 1 aromatic carbocycles. The van der Waals surface area contributed by atoms with Crippen LogP contribution in [0.1, 0.15) is 5.56 Å². The van der Waals surface area contributed by atoms with Gasteiger partial charge in [0.25, 0.3) is 5.69 Å². The molecule has 1 aromatic heterocycles. The fourth-order valence-electron chi connectivity index (χ4n) is 1.63. The molecule has 98 valence electrons. The molecule has 0 radical (unpaired) electrons. The van der Waals surface area contributed by atoms with E-state index < -0.39 is 4.92 Å². The molecule has 6 heteroatoms. The zero-order valence-corrected chi connectivity index (χ0v) is 10.1. The van der Waals surface area contributed by atoms with Crippen molar-refractivity contribution in [2.45, 2.75) is 6.42 Å². The van der Waals surface area contributed by atoms with Crippen LogP contribution in [0.5, 0.6) is 5.75 Å². The van der Waals surface area contributed by atoms with Crippen molar-refractivity contribution in [2.75, 3.05) is 11.9 Å². The fourth-order valence-corrected chi connectivity index (χ4v) is 1.63. The Kier molecular flexibility index (Phi) is 3.92. The molecule has 0 saturated carbocycles. The lowest BCUT2D eigenvalue weighted by molar-refractivity contribution is -0.384. The summed E-state index contributed by atoms with van der Waals surface area (Å²) in [5, 5.41) is 22.8. The van der Waals surface area contributed by atoms with Gasteiger partial charge >= 0.3 is 0 Å². The molecule has 0 spiro atoms. The summed E-state index contributed by atoms with van der Waals surface area (Å²) < 4.78 is 0. The van der Waals surface area contributed by atoms with Crippen LogP contribution in [0.15, 0.2) is 42.6 Å². The largest absolute Gasteiger partial charge is 0.508 e. The predicted octanol–water partition coefficient (Wildman–Crippen LogP) is 2.35. The molecule has 19 heavy (non-hydrogen) atoms. The van der Waals surface area contributed by atoms with Crippen LogP contribution < -0.4 is 5.32 Å². The first kappa shape index (κ1) is 12.8. The first-order valence-electron chi connectivity index (χ1n) is 5.77. The first-order valence-corrected chi connectivity index (χ1v) is 5.77. The molecular formula is C13H13N3O3. The lowest BCUT2D eigenvalue weighted by Gasteiger charge is -2.05. The molecule has 2 N–H and O–H groups in total. The number of nitro groups is 1. The van der Waals surface area contributed by atoms with Gasteiger partial charge in [-0.25, -0.2) is 4.98 Å². The molecule has 0 atom stereocenters. The maximum atomic E-state index is 10.6. The van der Waals surface area contributed by atoms with Gasteiger partial charge in [-0.1, -0.05) is 12.1 Å². The van der Waals surface area contributed by atoms with Crippen molar-refractivity contribution in [2.24, 2.45) is 0 Å². The second-order valence-electron chi connectivity index (χ2n) is 4.00. The van der Waals surface area contributed by atoms with Crippen molar-refractivity contribution in [1.29, 1.82) is 0 Å². The summed E-state index contributed by atoms with van der Waals surface area (Å²) in [7, 11) is 0. The van der Waals surface area contributed by atoms with Crippen LogP contribution in [-0.4, -0.2) is 21.6 Å². The van der Waals surface area contributed by atoms with Gasteiger partial charge in [0.15, 0.2) is 0 Å². The molecule has 0 unspecified atom stereocenters. The minimum Gasteiger partial charge on any atom is -0.508 e. The second-order valence-corrected chi connectivity index (χ2v) is 4.00. The number of anilines is 1. The monoisotopic (exact) mass is 259 g/mol. The van der Waals surface area contributed by atoms with Crippen LogP contribution in [0, 0.1) is 10.1 Å². The summed E-state index contributed by atoms with van der Waals surface area (Å²) in [5.41, 5.74) is 1.08. The smallest absolute Gasteiger partial charge is 0.274 e. The lowest BCUT2D eigenvalue weighted by atomic mass is 10.1. The topological polar surface area (TPSA) is 88.3 Å². The van der Waals surface area contributed by atoms with Crippen molar-refractivity contribution < 1.29 is 10.0 Å². The number of hydrogen-bond donors (Lipinski definition) is 2. The maximum Gasteiger partial charge on any atom is 0.274 e. The average molecular weight is 259 g/mol. The molecule has 0 aliphatic carbocycles. The Bertz CT molecular complexity index is 570. The molecular weight excluding hydrogens is 246 g/mol. The van der Waals surface area contributed by atoms with E-state index in [9.17, 15) is 10.1 Å². The molecule has 0 fully saturated rings. The number of pyridine rings is 1. The van der Waals surface area contributed by atoms with Gasteiger partial charge in [0.1, 0.15) is 11.6 Å². The highest BCUT2D eigenvalue weighted by molar-refractivity contribution is 5.44. The number of nitrogens with one attached hydrogen (secondary N) is 1. The molecule has 2 rings (SSSR count). The molecule has 0 saturated heterocycles. The minimum atomic E-state index is -0.452. The van der Waals surface area contributed by atoms with Crippen LogP contribution in [0.25, 0.3) is 0 Å². The summed E-state index contributed by atoms with van der Waals surface area (Å²) in [6.45, 7) is 0.610. The summed E-state index contributed by atoms with van der Waals surface area (Å²) in [5.74, 6) is 0.713. The van der Waals surface area contributed by atoms with Crippen LogP contribution in [0.4, 0.5) is 11.5 Å². The standard InChI is InChI=1S/C13H13N3O3/c17-12-3-1-10(2-4-12)5-7-14-13-9-11(16(18)19)6-8-15-13/h1-4,6,8-9,17H,5,7H2,(H,14,15). The molecule has 0 bridgehead atoms. The Morgan fingerprint density at radius 2 is 2.00 bits per heavy atom. The van der Waals surface area contributed by atoms with Crippen molar-refractivity contribution >= 4 is 11.5 Å². The van der Waals surface area contributed by atoms with Crippen LogP contribution in [0.2, 0.25) is 0 Å². The van der Waals surface area contributed by atoms with E-state index in [1.807, 2.05) is 12.1 Å². The zero-order chi connectivity index (χ0) is 13.7. The highest BCUT2D eigenvalue weighted by Crippen LogP contribution is 2.14. The number of rotatable bonds is 5. The van der Waals surface area contributed by atoms with Gasteiger partial charge in [0.2, 0.25) is 0 Å². The third-order valence-corrected chi connectivity index (χ3v) is 2.61. The van der Waals surface area contributed by atoms with E-state index in [2.05, 4.69) is 10.3 Å². The number of nitrogens with zero attached hydrogens (tertiary/aromatic N) is 2. The quantitative estimate of drug-likeness (QED) is 0.635. The highest BCUT2D eigenvalue weighted by atomic mass is 16.6. The van der Waals surface area contributed by atoms with E-state index in [1.54, 1.807) is 12.1 Å². The van der Waals surface area contributed by atoms with Gasteiger partial charge in [-0.15, -0.1) is 0 Å². The lowest BCUT2D eigenvalue weighted by Crippen LogP contribution is -2.06. The van der Waals surface area contributed by atoms with Gasteiger partial charge in [-0.3, -0.25) is 10.1 Å². The zero-order valence-electron chi connectivity index (χ0n) is 10.1. The fraction of sp³-hybridized carbons (Fsp3) is 0.154. The molecule has 0 amide bonds. The summed E-state index contributed by atoms with van der Waals surface area (Å²) >= 11 is 0. The maximum absolute atomic E-state index is 10.6. The molecule has 0 aliphatic heterocycles. The van der Waals surface area contributed by atoms with E-state index in [0.29, 0.717) is 12.4 Å². The summed E-state index contributed by atoms with van der Waals surface area (Å²) in [6.07, 6.45) is 2.14. The third kappa shape index (κ3) is 3.67. The van der Waals surface area contributed by atoms with Crippen LogP contribution in [0.3, 0.4) is 0 Å². The minimum absolute atomic E-state index is 0.0159. The third-order valence-electron chi connectivity index (χ3n) is 2.61. The van der Waals surface area contributed by atoms with Gasteiger partial charge in [0, 0.05) is 18.8 Å². The van der Waals surface area contributed by atoms with Crippen molar-refractivity contribution in [3.63, 3.8) is 0 Å². The molecule has 1 heterocycles. The molecule has 6 nitrogen and oxygen atoms in total. The summed E-state index contributed by atoms with van der Waals surface area (Å²) in [4.78, 5) is 14.2. The SMILES string of the molecule is O=[N+]([O-])c1ccnc(NCCc2ccc(O)cc2)c1. The molecule has 0 aliphatic rings. The number of phenols is 1. The Balaban J connectivity index is 1.90. The van der Waals surface area contributed by atoms with Gasteiger partial charge < -0.3 is 10.4 Å². The van der Waals surface area contributed by atoms with E-state index in [-0.39, 0.29) is 11.4 Å². The number of benzene rings is 1. The Morgan fingerprint density at radius 3 is 2.68 bits per heavy atom. The van der Waals surface area contributed by atoms with Gasteiger partial charge in [0.05, 0.1) is 11.0 Å². The molecule has 2 aromatic rings. The van der Waals surface area contributed by atoms with E-state index in [4.69, 9.17) is 5.11 Å². The average Bonchev–Trinajstić information content (AvgIpc) is 2.41. The summed E-state index contributed by atoms with van der Waals surface area (Å²) in [6, 6.07) is 9.67. The van der Waals surface area contributed by atoms with E-state index >= 15 is 0 Å². The number of hydrogen-bond acceptors (Lipinski definition) is 5. The second kappa shape index (κ2) is 5.81. The van der Waals surface area contributed by atoms with E-state index in [0.717, 1.165) is 12.0 Å². The number of aromatic hydroxyl groups is 1. The van der Waals surface area contributed by atoms with Crippen LogP contribution in [-0.2, 0) is 6.42 Å². The highest BCUT2D eigenvalue weighted by Gasteiger charge is 2.06. The Labute approximate surface area is 109 Å². The van der Waals surface area contributed by atoms with Crippen molar-refractivity contribution in [3.8, 4) is 5.75 Å². The first-order chi connectivity index (χ1) is 9.15. The van der Waals surface area contributed by atoms with Gasteiger partial charge in [-0.2, -0.15) is 0 Å². The van der Waals surface area contributed by atoms with Crippen LogP contribution >= 0.6 is 0 Å². The van der Waals surface area contributed by atoms with Crippen molar-refractivity contribution in [3.05, 3.63) is 58.3 Å². The van der Waals surface area contributed by atoms with Crippen molar-refractivity contribution in [1.82, 2.24) is 4.98 Å². The number of aromatic nitrogens is 1. The van der Waals surface area contributed by atoms with Gasteiger partial charge in [-0.05, 0) is 24.1 Å². The predicted molar refractivity (Wildman–Crippen MR) is 71.2 cm³/mol. The number of phenolic OH excluding ortho intramolecular Hbond substituents is 1. The normalized spacial score (nSPS) is 10.1. The Hall–Kier alpha value is -2.63. The Morgan fingerprint density at radius 1 is 1.26 bits per heavy atom.